The van der Waals surface area contributed by atoms with E-state index in [1.54, 1.807) is 6.07 Å². The molecule has 0 saturated heterocycles. The van der Waals surface area contributed by atoms with Gasteiger partial charge in [-0.2, -0.15) is 0 Å². The van der Waals surface area contributed by atoms with Crippen molar-refractivity contribution >= 4 is 33.7 Å². The molecular formula is C20H17N3O3. The third kappa shape index (κ3) is 2.75. The molecule has 4 rings (SSSR count). The van der Waals surface area contributed by atoms with Gasteiger partial charge in [0.25, 0.3) is 5.56 Å². The number of aromatic nitrogens is 2. The summed E-state index contributed by atoms with van der Waals surface area (Å²) in [5.41, 5.74) is 3.72. The van der Waals surface area contributed by atoms with E-state index in [0.717, 1.165) is 22.2 Å². The minimum absolute atomic E-state index is 0.133. The van der Waals surface area contributed by atoms with Crippen LogP contribution in [0.15, 0.2) is 58.0 Å². The van der Waals surface area contributed by atoms with Gasteiger partial charge in [-0.25, -0.2) is 4.98 Å². The lowest BCUT2D eigenvalue weighted by Gasteiger charge is -2.10. The normalized spacial score (nSPS) is 11.2. The molecule has 0 aliphatic heterocycles. The molecular weight excluding hydrogens is 330 g/mol. The Kier molecular flexibility index (Phi) is 3.80. The van der Waals surface area contributed by atoms with Crippen LogP contribution in [0.2, 0.25) is 0 Å². The Morgan fingerprint density at radius 3 is 2.81 bits per heavy atom. The number of hydrogen-bond acceptors (Lipinski definition) is 4. The highest BCUT2D eigenvalue weighted by Crippen LogP contribution is 2.24. The fraction of sp³-hybridized carbons (Fsp3) is 0.150. The van der Waals surface area contributed by atoms with Gasteiger partial charge in [0.1, 0.15) is 17.6 Å². The highest BCUT2D eigenvalue weighted by atomic mass is 16.3. The van der Waals surface area contributed by atoms with E-state index in [1.165, 1.54) is 10.9 Å². The van der Waals surface area contributed by atoms with Crippen LogP contribution < -0.4 is 10.9 Å². The van der Waals surface area contributed by atoms with Crippen molar-refractivity contribution in [2.75, 3.05) is 5.32 Å². The quantitative estimate of drug-likeness (QED) is 0.616. The van der Waals surface area contributed by atoms with Gasteiger partial charge in [0.05, 0.1) is 6.33 Å². The van der Waals surface area contributed by atoms with Gasteiger partial charge in [0.2, 0.25) is 11.5 Å². The first kappa shape index (κ1) is 16.1. The number of hydrogen-bond donors (Lipinski definition) is 1. The van der Waals surface area contributed by atoms with Crippen LogP contribution in [-0.2, 0) is 11.3 Å². The number of para-hydroxylation sites is 1. The van der Waals surface area contributed by atoms with Gasteiger partial charge in [-0.3, -0.25) is 14.2 Å². The minimum atomic E-state index is -0.373. The summed E-state index contributed by atoms with van der Waals surface area (Å²) in [7, 11) is 0. The van der Waals surface area contributed by atoms with Crippen LogP contribution in [0.25, 0.3) is 22.1 Å². The zero-order valence-corrected chi connectivity index (χ0v) is 14.4. The van der Waals surface area contributed by atoms with Crippen molar-refractivity contribution < 1.29 is 9.21 Å². The first-order valence-electron chi connectivity index (χ1n) is 8.27. The predicted molar refractivity (Wildman–Crippen MR) is 100 cm³/mol. The second-order valence-corrected chi connectivity index (χ2v) is 6.32. The Morgan fingerprint density at radius 2 is 2.00 bits per heavy atom. The van der Waals surface area contributed by atoms with Crippen molar-refractivity contribution in [3.63, 3.8) is 0 Å². The number of nitrogens with one attached hydrogen (secondary N) is 1. The Bertz CT molecular complexity index is 1200. The summed E-state index contributed by atoms with van der Waals surface area (Å²) in [6.45, 7) is 3.79. The molecule has 0 spiro atoms. The lowest BCUT2D eigenvalue weighted by Crippen LogP contribution is -2.27. The molecule has 1 amide bonds. The Hall–Kier alpha value is -3.41. The molecule has 4 aromatic rings. The molecule has 1 N–H and O–H groups in total. The van der Waals surface area contributed by atoms with Gasteiger partial charge in [0.15, 0.2) is 0 Å². The number of benzene rings is 2. The van der Waals surface area contributed by atoms with E-state index < -0.39 is 0 Å². The van der Waals surface area contributed by atoms with Crippen molar-refractivity contribution in [3.8, 4) is 0 Å². The molecule has 0 unspecified atom stereocenters. The second-order valence-electron chi connectivity index (χ2n) is 6.32. The molecule has 2 aromatic heterocycles. The maximum Gasteiger partial charge on any atom is 0.297 e. The minimum Gasteiger partial charge on any atom is -0.448 e. The number of nitrogens with zero attached hydrogens (tertiary/aromatic N) is 2. The smallest absolute Gasteiger partial charge is 0.297 e. The predicted octanol–water partition coefficient (Wildman–Crippen LogP) is 3.40. The standard InChI is InChI=1S/C20H17N3O3/c1-12-7-8-15(13(2)9-12)22-17(24)10-23-11-21-18-14-5-3-4-6-16(14)26-19(18)20(23)25/h3-9,11H,10H2,1-2H3,(H,22,24). The number of fused-ring (bicyclic) bond motifs is 3. The van der Waals surface area contributed by atoms with Gasteiger partial charge in [-0.1, -0.05) is 29.8 Å². The molecule has 6 nitrogen and oxygen atoms in total. The number of amides is 1. The number of furan rings is 1. The van der Waals surface area contributed by atoms with Crippen molar-refractivity contribution in [1.82, 2.24) is 9.55 Å². The van der Waals surface area contributed by atoms with Gasteiger partial charge >= 0.3 is 0 Å². The molecule has 0 aliphatic rings. The van der Waals surface area contributed by atoms with Crippen LogP contribution in [0.1, 0.15) is 11.1 Å². The monoisotopic (exact) mass is 347 g/mol. The molecule has 26 heavy (non-hydrogen) atoms. The summed E-state index contributed by atoms with van der Waals surface area (Å²) in [4.78, 5) is 29.3. The maximum absolute atomic E-state index is 12.6. The largest absolute Gasteiger partial charge is 0.448 e. The van der Waals surface area contributed by atoms with Crippen molar-refractivity contribution in [1.29, 1.82) is 0 Å². The molecule has 0 aliphatic carbocycles. The van der Waals surface area contributed by atoms with Crippen LogP contribution in [0.3, 0.4) is 0 Å². The topological polar surface area (TPSA) is 77.1 Å². The van der Waals surface area contributed by atoms with Crippen molar-refractivity contribution in [2.45, 2.75) is 20.4 Å². The molecule has 0 fully saturated rings. The number of carbonyl (C=O) groups excluding carboxylic acids is 1. The zero-order chi connectivity index (χ0) is 18.3. The van der Waals surface area contributed by atoms with E-state index in [2.05, 4.69) is 10.3 Å². The average Bonchev–Trinajstić information content (AvgIpc) is 2.99. The third-order valence-electron chi connectivity index (χ3n) is 4.32. The number of aryl methyl sites for hydroxylation is 2. The first-order chi connectivity index (χ1) is 12.5. The van der Waals surface area contributed by atoms with Gasteiger partial charge in [-0.15, -0.1) is 0 Å². The fourth-order valence-corrected chi connectivity index (χ4v) is 3.03. The first-order valence-corrected chi connectivity index (χ1v) is 8.27. The molecule has 0 radical (unpaired) electrons. The van der Waals surface area contributed by atoms with E-state index in [-0.39, 0.29) is 23.6 Å². The van der Waals surface area contributed by atoms with E-state index >= 15 is 0 Å². The molecule has 0 bridgehead atoms. The molecule has 0 saturated carbocycles. The van der Waals surface area contributed by atoms with Crippen LogP contribution in [-0.4, -0.2) is 15.5 Å². The van der Waals surface area contributed by atoms with E-state index in [9.17, 15) is 9.59 Å². The van der Waals surface area contributed by atoms with E-state index in [1.807, 2.05) is 50.2 Å². The lowest BCUT2D eigenvalue weighted by molar-refractivity contribution is -0.116. The fourth-order valence-electron chi connectivity index (χ4n) is 3.03. The van der Waals surface area contributed by atoms with Crippen LogP contribution in [0.4, 0.5) is 5.69 Å². The highest BCUT2D eigenvalue weighted by molar-refractivity contribution is 6.01. The van der Waals surface area contributed by atoms with E-state index in [0.29, 0.717) is 11.1 Å². The molecule has 130 valence electrons. The Labute approximate surface area is 149 Å². The van der Waals surface area contributed by atoms with Crippen LogP contribution >= 0.6 is 0 Å². The summed E-state index contributed by atoms with van der Waals surface area (Å²) in [5, 5.41) is 3.61. The number of carbonyl (C=O) groups is 1. The second kappa shape index (κ2) is 6.15. The Balaban J connectivity index is 1.64. The van der Waals surface area contributed by atoms with E-state index in [4.69, 9.17) is 4.42 Å². The SMILES string of the molecule is Cc1ccc(NC(=O)Cn2cnc3c(oc4ccccc43)c2=O)c(C)c1. The van der Waals surface area contributed by atoms with Crippen LogP contribution in [0.5, 0.6) is 0 Å². The molecule has 6 heteroatoms. The van der Waals surface area contributed by atoms with Crippen LogP contribution in [0, 0.1) is 13.8 Å². The Morgan fingerprint density at radius 1 is 1.19 bits per heavy atom. The summed E-state index contributed by atoms with van der Waals surface area (Å²) in [6, 6.07) is 13.1. The van der Waals surface area contributed by atoms with Crippen molar-refractivity contribution in [3.05, 3.63) is 70.3 Å². The summed E-state index contributed by atoms with van der Waals surface area (Å²) >= 11 is 0. The zero-order valence-electron chi connectivity index (χ0n) is 14.4. The average molecular weight is 347 g/mol. The van der Waals surface area contributed by atoms with Gasteiger partial charge in [-0.05, 0) is 37.6 Å². The molecule has 2 aromatic carbocycles. The van der Waals surface area contributed by atoms with Crippen molar-refractivity contribution in [2.24, 2.45) is 0 Å². The number of rotatable bonds is 3. The van der Waals surface area contributed by atoms with Gasteiger partial charge < -0.3 is 9.73 Å². The summed E-state index contributed by atoms with van der Waals surface area (Å²) in [6.07, 6.45) is 1.38. The lowest BCUT2D eigenvalue weighted by atomic mass is 10.1. The molecule has 2 heterocycles. The van der Waals surface area contributed by atoms with Gasteiger partial charge in [0, 0.05) is 11.1 Å². The third-order valence-corrected chi connectivity index (χ3v) is 4.32. The molecule has 0 atom stereocenters. The number of anilines is 1. The maximum atomic E-state index is 12.6. The summed E-state index contributed by atoms with van der Waals surface area (Å²) in [5.74, 6) is -0.295. The summed E-state index contributed by atoms with van der Waals surface area (Å²) < 4.78 is 6.88. The highest BCUT2D eigenvalue weighted by Gasteiger charge is 2.14.